The van der Waals surface area contributed by atoms with Gasteiger partial charge < -0.3 is 10.1 Å². The molecule has 7 nitrogen and oxygen atoms in total. The van der Waals surface area contributed by atoms with Crippen LogP contribution in [0.2, 0.25) is 15.1 Å². The van der Waals surface area contributed by atoms with Gasteiger partial charge in [0.15, 0.2) is 5.78 Å². The van der Waals surface area contributed by atoms with E-state index in [0.29, 0.717) is 29.4 Å². The zero-order valence-corrected chi connectivity index (χ0v) is 21.1. The molecule has 0 saturated carbocycles. The number of anilines is 1. The fraction of sp³-hybridized carbons (Fsp3) is 0.120. The van der Waals surface area contributed by atoms with Gasteiger partial charge in [0, 0.05) is 24.6 Å². The SMILES string of the molecule is CC(=O)N(/N=C/c1ccccc1)c1cc(Cl)c(C(=O)c2ccc(Cl)cc2)c(Cl)c1.COCNC=O. The van der Waals surface area contributed by atoms with Gasteiger partial charge in [0.1, 0.15) is 6.73 Å². The lowest BCUT2D eigenvalue weighted by Crippen LogP contribution is -2.22. The highest BCUT2D eigenvalue weighted by Gasteiger charge is 2.21. The number of benzene rings is 3. The lowest BCUT2D eigenvalue weighted by Gasteiger charge is -2.17. The smallest absolute Gasteiger partial charge is 0.244 e. The van der Waals surface area contributed by atoms with Crippen LogP contribution in [0, 0.1) is 0 Å². The normalized spacial score (nSPS) is 10.3. The van der Waals surface area contributed by atoms with Crippen molar-refractivity contribution in [3.05, 3.63) is 98.5 Å². The molecule has 3 rings (SSSR count). The maximum Gasteiger partial charge on any atom is 0.244 e. The summed E-state index contributed by atoms with van der Waals surface area (Å²) >= 11 is 18.6. The van der Waals surface area contributed by atoms with Crippen LogP contribution in [0.1, 0.15) is 28.4 Å². The predicted molar refractivity (Wildman–Crippen MR) is 140 cm³/mol. The molecular weight excluding hydrogens is 513 g/mol. The predicted octanol–water partition coefficient (Wildman–Crippen LogP) is 5.60. The van der Waals surface area contributed by atoms with Gasteiger partial charge in [-0.2, -0.15) is 5.10 Å². The highest BCUT2D eigenvalue weighted by atomic mass is 35.5. The van der Waals surface area contributed by atoms with Gasteiger partial charge in [0.05, 0.1) is 27.5 Å². The molecule has 3 aromatic carbocycles. The maximum absolute atomic E-state index is 12.8. The molecule has 10 heteroatoms. The van der Waals surface area contributed by atoms with Gasteiger partial charge in [0.2, 0.25) is 12.3 Å². The Bertz CT molecular complexity index is 1160. The van der Waals surface area contributed by atoms with Crippen molar-refractivity contribution in [2.45, 2.75) is 6.92 Å². The molecule has 182 valence electrons. The summed E-state index contributed by atoms with van der Waals surface area (Å²) in [6.07, 6.45) is 2.14. The van der Waals surface area contributed by atoms with E-state index in [1.807, 2.05) is 30.3 Å². The first kappa shape index (κ1) is 28.0. The van der Waals surface area contributed by atoms with Crippen molar-refractivity contribution >= 4 is 64.8 Å². The molecule has 0 aliphatic carbocycles. The van der Waals surface area contributed by atoms with Crippen LogP contribution in [0.4, 0.5) is 5.69 Å². The monoisotopic (exact) mass is 533 g/mol. The fourth-order valence-corrected chi connectivity index (χ4v) is 3.53. The van der Waals surface area contributed by atoms with Crippen molar-refractivity contribution in [2.75, 3.05) is 18.8 Å². The van der Waals surface area contributed by atoms with E-state index in [4.69, 9.17) is 34.8 Å². The highest BCUT2D eigenvalue weighted by molar-refractivity contribution is 6.41. The number of amides is 2. The molecule has 0 heterocycles. The van der Waals surface area contributed by atoms with Crippen LogP contribution in [0.3, 0.4) is 0 Å². The van der Waals surface area contributed by atoms with E-state index in [1.54, 1.807) is 30.5 Å². The second-order valence-electron chi connectivity index (χ2n) is 6.86. The molecule has 2 amide bonds. The number of rotatable bonds is 8. The number of hydrogen-bond acceptors (Lipinski definition) is 5. The minimum atomic E-state index is -0.342. The van der Waals surface area contributed by atoms with E-state index in [2.05, 4.69) is 15.2 Å². The third kappa shape index (κ3) is 8.49. The average Bonchev–Trinajstić information content (AvgIpc) is 2.83. The maximum atomic E-state index is 12.8. The topological polar surface area (TPSA) is 88.1 Å². The average molecular weight is 535 g/mol. The molecule has 3 aromatic rings. The number of ether oxygens (including phenoxy) is 1. The molecule has 0 aliphatic heterocycles. The summed E-state index contributed by atoms with van der Waals surface area (Å²) in [4.78, 5) is 34.3. The van der Waals surface area contributed by atoms with Crippen molar-refractivity contribution in [1.82, 2.24) is 5.32 Å². The Balaban J connectivity index is 0.000000641. The number of carbonyl (C=O) groups excluding carboxylic acids is 3. The van der Waals surface area contributed by atoms with Crippen LogP contribution < -0.4 is 10.3 Å². The number of hydrogen-bond donors (Lipinski definition) is 1. The number of halogens is 3. The Morgan fingerprint density at radius 2 is 1.60 bits per heavy atom. The summed E-state index contributed by atoms with van der Waals surface area (Å²) in [6, 6.07) is 18.7. The van der Waals surface area contributed by atoms with Gasteiger partial charge in [-0.15, -0.1) is 0 Å². The number of nitrogens with one attached hydrogen (secondary N) is 1. The Hall–Kier alpha value is -3.23. The molecule has 0 unspecified atom stereocenters. The Kier molecular flexibility index (Phi) is 11.4. The van der Waals surface area contributed by atoms with E-state index >= 15 is 0 Å². The number of methoxy groups -OCH3 is 1. The Morgan fingerprint density at radius 1 is 1.00 bits per heavy atom. The molecule has 0 radical (unpaired) electrons. The van der Waals surface area contributed by atoms with Crippen molar-refractivity contribution in [3.8, 4) is 0 Å². The zero-order valence-electron chi connectivity index (χ0n) is 18.9. The third-order valence-electron chi connectivity index (χ3n) is 4.34. The molecule has 1 N–H and O–H groups in total. The molecular formula is C25H22Cl3N3O4. The summed E-state index contributed by atoms with van der Waals surface area (Å²) in [5.41, 5.74) is 1.73. The first-order valence-corrected chi connectivity index (χ1v) is 11.3. The van der Waals surface area contributed by atoms with Crippen molar-refractivity contribution in [3.63, 3.8) is 0 Å². The third-order valence-corrected chi connectivity index (χ3v) is 5.18. The van der Waals surface area contributed by atoms with Crippen LogP contribution in [-0.2, 0) is 14.3 Å². The molecule has 35 heavy (non-hydrogen) atoms. The highest BCUT2D eigenvalue weighted by Crippen LogP contribution is 2.33. The van der Waals surface area contributed by atoms with Crippen LogP contribution >= 0.6 is 34.8 Å². The molecule has 0 bridgehead atoms. The van der Waals surface area contributed by atoms with Crippen molar-refractivity contribution in [2.24, 2.45) is 5.10 Å². The van der Waals surface area contributed by atoms with Crippen LogP contribution in [-0.4, -0.2) is 38.2 Å². The van der Waals surface area contributed by atoms with Crippen molar-refractivity contribution in [1.29, 1.82) is 0 Å². The quantitative estimate of drug-likeness (QED) is 0.102. The minimum Gasteiger partial charge on any atom is -0.365 e. The molecule has 0 aromatic heterocycles. The summed E-state index contributed by atoms with van der Waals surface area (Å²) in [5, 5.41) is 8.45. The second kappa shape index (κ2) is 14.2. The Morgan fingerprint density at radius 3 is 2.09 bits per heavy atom. The lowest BCUT2D eigenvalue weighted by molar-refractivity contribution is -0.116. The number of nitrogens with zero attached hydrogens (tertiary/aromatic N) is 2. The molecule has 0 fully saturated rings. The number of ketones is 1. The first-order valence-electron chi connectivity index (χ1n) is 10.1. The second-order valence-corrected chi connectivity index (χ2v) is 8.11. The first-order chi connectivity index (χ1) is 16.8. The molecule has 0 atom stereocenters. The number of carbonyl (C=O) groups is 3. The summed E-state index contributed by atoms with van der Waals surface area (Å²) in [5.74, 6) is -0.675. The van der Waals surface area contributed by atoms with Crippen molar-refractivity contribution < 1.29 is 19.1 Å². The Labute approximate surface area is 218 Å². The van der Waals surface area contributed by atoms with Crippen LogP contribution in [0.5, 0.6) is 0 Å². The van der Waals surface area contributed by atoms with Gasteiger partial charge in [-0.1, -0.05) is 65.1 Å². The standard InChI is InChI=1S/C22H15Cl3N2O2.C3H7NO2/c1-14(28)27(26-13-15-5-3-2-4-6-15)18-11-19(24)21(20(25)12-18)22(29)16-7-9-17(23)10-8-16;1-6-3-4-2-5/h2-13H,1H3;2H,3H2,1H3,(H,4,5)/b26-13+;. The summed E-state index contributed by atoms with van der Waals surface area (Å²) in [7, 11) is 1.51. The zero-order chi connectivity index (χ0) is 25.8. The lowest BCUT2D eigenvalue weighted by atomic mass is 10.0. The summed E-state index contributed by atoms with van der Waals surface area (Å²) < 4.78 is 4.44. The van der Waals surface area contributed by atoms with Gasteiger partial charge in [-0.25, -0.2) is 5.01 Å². The molecule has 0 spiro atoms. The largest absolute Gasteiger partial charge is 0.365 e. The molecule has 0 saturated heterocycles. The van der Waals surface area contributed by atoms with E-state index in [-0.39, 0.29) is 27.3 Å². The van der Waals surface area contributed by atoms with Crippen LogP contribution in [0.15, 0.2) is 71.8 Å². The van der Waals surface area contributed by atoms with E-state index in [9.17, 15) is 14.4 Å². The van der Waals surface area contributed by atoms with E-state index in [1.165, 1.54) is 31.2 Å². The summed E-state index contributed by atoms with van der Waals surface area (Å²) in [6.45, 7) is 1.67. The minimum absolute atomic E-state index is 0.119. The van der Waals surface area contributed by atoms with Crippen LogP contribution in [0.25, 0.3) is 0 Å². The number of hydrazone groups is 1. The fourth-order valence-electron chi connectivity index (χ4n) is 2.76. The van der Waals surface area contributed by atoms with Gasteiger partial charge in [0.25, 0.3) is 0 Å². The van der Waals surface area contributed by atoms with E-state index < -0.39 is 0 Å². The van der Waals surface area contributed by atoms with Gasteiger partial charge in [-0.05, 0) is 42.0 Å². The van der Waals surface area contributed by atoms with Gasteiger partial charge >= 0.3 is 0 Å². The van der Waals surface area contributed by atoms with E-state index in [0.717, 1.165) is 5.56 Å². The molecule has 0 aliphatic rings. The van der Waals surface area contributed by atoms with Gasteiger partial charge in [-0.3, -0.25) is 14.4 Å².